The predicted molar refractivity (Wildman–Crippen MR) is 97.9 cm³/mol. The van der Waals surface area contributed by atoms with Gasteiger partial charge in [-0.2, -0.15) is 22.0 Å². The van der Waals surface area contributed by atoms with E-state index in [-0.39, 0.29) is 18.6 Å². The summed E-state index contributed by atoms with van der Waals surface area (Å²) >= 11 is 0. The standard InChI is InChI=1S/C20H17F6NO5/c21-17(19(22,23)24)20(25,26)32-14-8-6-12(7-9-14)10-15(16(28)29)27-18(30)31-11-13-4-2-1-3-5-13/h1-9,15,17H,10-11H2,(H,27,30)(H,28,29)/t15-,17?/m0/s1. The van der Waals surface area contributed by atoms with Gasteiger partial charge in [0.15, 0.2) is 0 Å². The van der Waals surface area contributed by atoms with Crippen LogP contribution < -0.4 is 10.1 Å². The first-order chi connectivity index (χ1) is 14.9. The number of carbonyl (C=O) groups is 2. The molecule has 2 atom stereocenters. The molecule has 0 aliphatic heterocycles. The molecule has 2 N–H and O–H groups in total. The Hall–Kier alpha value is -3.44. The third-order valence-electron chi connectivity index (χ3n) is 4.00. The van der Waals surface area contributed by atoms with Crippen molar-refractivity contribution in [2.45, 2.75) is 37.5 Å². The van der Waals surface area contributed by atoms with E-state index in [0.717, 1.165) is 24.3 Å². The summed E-state index contributed by atoms with van der Waals surface area (Å²) in [4.78, 5) is 23.2. The number of carboxylic acid groups (broad SMARTS) is 1. The third kappa shape index (κ3) is 7.36. The summed E-state index contributed by atoms with van der Waals surface area (Å²) in [6.07, 6.45) is -16.8. The van der Waals surface area contributed by atoms with E-state index in [0.29, 0.717) is 5.56 Å². The molecule has 2 rings (SSSR count). The average molecular weight is 465 g/mol. The van der Waals surface area contributed by atoms with E-state index >= 15 is 0 Å². The zero-order chi connectivity index (χ0) is 23.9. The van der Waals surface area contributed by atoms with Gasteiger partial charge in [-0.1, -0.05) is 42.5 Å². The molecule has 0 aliphatic carbocycles. The van der Waals surface area contributed by atoms with Crippen LogP contribution in [0.3, 0.4) is 0 Å². The molecular weight excluding hydrogens is 448 g/mol. The van der Waals surface area contributed by atoms with Crippen molar-refractivity contribution in [1.29, 1.82) is 0 Å². The maximum absolute atomic E-state index is 13.3. The Morgan fingerprint density at radius 2 is 1.53 bits per heavy atom. The Labute approximate surface area is 177 Å². The van der Waals surface area contributed by atoms with Gasteiger partial charge in [0.2, 0.25) is 0 Å². The second-order valence-electron chi connectivity index (χ2n) is 6.51. The third-order valence-corrected chi connectivity index (χ3v) is 4.00. The van der Waals surface area contributed by atoms with E-state index in [1.54, 1.807) is 30.3 Å². The first-order valence-electron chi connectivity index (χ1n) is 8.95. The summed E-state index contributed by atoms with van der Waals surface area (Å²) in [5.74, 6) is -2.19. The minimum atomic E-state index is -5.82. The van der Waals surface area contributed by atoms with Gasteiger partial charge < -0.3 is 19.9 Å². The minimum Gasteiger partial charge on any atom is -0.480 e. The average Bonchev–Trinajstić information content (AvgIpc) is 2.72. The van der Waals surface area contributed by atoms with Crippen LogP contribution in [0.1, 0.15) is 11.1 Å². The Morgan fingerprint density at radius 3 is 2.06 bits per heavy atom. The van der Waals surface area contributed by atoms with Crippen LogP contribution in [-0.4, -0.2) is 41.7 Å². The molecule has 0 aliphatic rings. The summed E-state index contributed by atoms with van der Waals surface area (Å²) in [6.45, 7) is -0.104. The maximum atomic E-state index is 13.3. The molecule has 0 radical (unpaired) electrons. The molecule has 1 amide bonds. The molecule has 6 nitrogen and oxygen atoms in total. The van der Waals surface area contributed by atoms with E-state index in [9.17, 15) is 41.0 Å². The quantitative estimate of drug-likeness (QED) is 0.534. The summed E-state index contributed by atoms with van der Waals surface area (Å²) in [7, 11) is 0. The fourth-order valence-electron chi connectivity index (χ4n) is 2.44. The maximum Gasteiger partial charge on any atom is 0.439 e. The van der Waals surface area contributed by atoms with Gasteiger partial charge in [0.25, 0.3) is 6.17 Å². The van der Waals surface area contributed by atoms with E-state index in [4.69, 9.17) is 4.74 Å². The minimum absolute atomic E-state index is 0.104. The van der Waals surface area contributed by atoms with Gasteiger partial charge in [0.1, 0.15) is 18.4 Å². The van der Waals surface area contributed by atoms with Crippen LogP contribution in [0.25, 0.3) is 0 Å². The van der Waals surface area contributed by atoms with Gasteiger partial charge in [-0.3, -0.25) is 0 Å². The zero-order valence-electron chi connectivity index (χ0n) is 16.1. The van der Waals surface area contributed by atoms with Gasteiger partial charge in [0.05, 0.1) is 0 Å². The number of ether oxygens (including phenoxy) is 2. The van der Waals surface area contributed by atoms with Crippen LogP contribution >= 0.6 is 0 Å². The molecular formula is C20H17F6NO5. The Balaban J connectivity index is 1.95. The molecule has 1 unspecified atom stereocenters. The van der Waals surface area contributed by atoms with Crippen LogP contribution in [0.2, 0.25) is 0 Å². The highest BCUT2D eigenvalue weighted by molar-refractivity contribution is 5.80. The Morgan fingerprint density at radius 1 is 0.938 bits per heavy atom. The van der Waals surface area contributed by atoms with Crippen molar-refractivity contribution in [3.63, 3.8) is 0 Å². The van der Waals surface area contributed by atoms with Crippen molar-refractivity contribution in [2.24, 2.45) is 0 Å². The SMILES string of the molecule is O=C(N[C@@H](Cc1ccc(OC(F)(F)C(F)C(F)(F)F)cc1)C(=O)O)OCc1ccccc1. The van der Waals surface area contributed by atoms with Crippen molar-refractivity contribution < 1.29 is 50.5 Å². The summed E-state index contributed by atoms with van der Waals surface area (Å²) in [6, 6.07) is 10.9. The molecule has 2 aromatic rings. The molecule has 174 valence electrons. The van der Waals surface area contributed by atoms with Gasteiger partial charge in [-0.25, -0.2) is 14.0 Å². The van der Waals surface area contributed by atoms with E-state index in [2.05, 4.69) is 10.1 Å². The topological polar surface area (TPSA) is 84.9 Å². The number of rotatable bonds is 9. The number of hydrogen-bond acceptors (Lipinski definition) is 4. The largest absolute Gasteiger partial charge is 0.480 e. The van der Waals surface area contributed by atoms with E-state index in [1.165, 1.54) is 0 Å². The van der Waals surface area contributed by atoms with Gasteiger partial charge >= 0.3 is 24.3 Å². The van der Waals surface area contributed by atoms with Crippen molar-refractivity contribution in [2.75, 3.05) is 0 Å². The number of carboxylic acids is 1. The van der Waals surface area contributed by atoms with Gasteiger partial charge in [0, 0.05) is 6.42 Å². The van der Waals surface area contributed by atoms with Gasteiger partial charge in [-0.15, -0.1) is 0 Å². The molecule has 2 aromatic carbocycles. The number of halogens is 6. The molecule has 0 heterocycles. The summed E-state index contributed by atoms with van der Waals surface area (Å²) in [5, 5.41) is 11.4. The highest BCUT2D eigenvalue weighted by Crippen LogP contribution is 2.36. The second kappa shape index (κ2) is 10.2. The Bertz CT molecular complexity index is 905. The van der Waals surface area contributed by atoms with Crippen LogP contribution in [0.4, 0.5) is 31.1 Å². The van der Waals surface area contributed by atoms with Crippen molar-refractivity contribution in [3.8, 4) is 5.75 Å². The summed E-state index contributed by atoms with van der Waals surface area (Å²) < 4.78 is 84.7. The first-order valence-corrected chi connectivity index (χ1v) is 8.95. The molecule has 0 fully saturated rings. The molecule has 12 heteroatoms. The molecule has 0 aromatic heterocycles. The molecule has 0 saturated heterocycles. The number of hydrogen-bond donors (Lipinski definition) is 2. The number of aliphatic carboxylic acids is 1. The molecule has 0 saturated carbocycles. The molecule has 32 heavy (non-hydrogen) atoms. The molecule has 0 spiro atoms. The first kappa shape index (κ1) is 24.8. The van der Waals surface area contributed by atoms with Crippen molar-refractivity contribution in [1.82, 2.24) is 5.32 Å². The number of benzene rings is 2. The highest BCUT2D eigenvalue weighted by atomic mass is 19.4. The van der Waals surface area contributed by atoms with Crippen LogP contribution in [0.15, 0.2) is 54.6 Å². The fraction of sp³-hybridized carbons (Fsp3) is 0.300. The smallest absolute Gasteiger partial charge is 0.439 e. The predicted octanol–water partition coefficient (Wildman–Crippen LogP) is 4.48. The lowest BCUT2D eigenvalue weighted by molar-refractivity contribution is -0.304. The summed E-state index contributed by atoms with van der Waals surface area (Å²) in [5.41, 5.74) is 0.881. The number of nitrogens with one attached hydrogen (secondary N) is 1. The fourth-order valence-corrected chi connectivity index (χ4v) is 2.44. The Kier molecular flexibility index (Phi) is 7.95. The zero-order valence-corrected chi connectivity index (χ0v) is 16.1. The van der Waals surface area contributed by atoms with Crippen LogP contribution in [-0.2, 0) is 22.6 Å². The van der Waals surface area contributed by atoms with Crippen LogP contribution in [0.5, 0.6) is 5.75 Å². The number of alkyl carbamates (subject to hydrolysis) is 1. The number of carbonyl (C=O) groups excluding carboxylic acids is 1. The molecule has 0 bridgehead atoms. The van der Waals surface area contributed by atoms with Gasteiger partial charge in [-0.05, 0) is 23.3 Å². The lowest BCUT2D eigenvalue weighted by Crippen LogP contribution is -2.45. The van der Waals surface area contributed by atoms with E-state index in [1.807, 2.05) is 0 Å². The highest BCUT2D eigenvalue weighted by Gasteiger charge is 2.59. The lowest BCUT2D eigenvalue weighted by Gasteiger charge is -2.23. The normalized spacial score (nSPS) is 13.7. The van der Waals surface area contributed by atoms with E-state index < -0.39 is 42.3 Å². The lowest BCUT2D eigenvalue weighted by atomic mass is 10.1. The number of amides is 1. The number of alkyl halides is 6. The van der Waals surface area contributed by atoms with Crippen molar-refractivity contribution in [3.05, 3.63) is 65.7 Å². The van der Waals surface area contributed by atoms with Crippen LogP contribution in [0, 0.1) is 0 Å². The van der Waals surface area contributed by atoms with Crippen molar-refractivity contribution >= 4 is 12.1 Å². The second-order valence-corrected chi connectivity index (χ2v) is 6.51. The monoisotopic (exact) mass is 465 g/mol.